The van der Waals surface area contributed by atoms with Crippen molar-refractivity contribution >= 4 is 17.6 Å². The van der Waals surface area contributed by atoms with Crippen LogP contribution in [0, 0.1) is 0 Å². The van der Waals surface area contributed by atoms with Crippen molar-refractivity contribution in [1.82, 2.24) is 20.9 Å². The molecule has 0 spiro atoms. The second-order valence-corrected chi connectivity index (χ2v) is 11.4. The summed E-state index contributed by atoms with van der Waals surface area (Å²) in [5.74, 6) is -0.331. The lowest BCUT2D eigenvalue weighted by Crippen LogP contribution is -2.55. The Morgan fingerprint density at radius 3 is 2.36 bits per heavy atom. The van der Waals surface area contributed by atoms with Crippen LogP contribution in [0.5, 0.6) is 5.75 Å². The molecule has 0 saturated carbocycles. The number of nitrogens with one attached hydrogen (secondary N) is 3. The Morgan fingerprint density at radius 1 is 1.14 bits per heavy atom. The molecule has 4 rings (SSSR count). The summed E-state index contributed by atoms with van der Waals surface area (Å²) in [6.45, 7) is 14.6. The number of aliphatic hydroxyl groups is 1. The highest BCUT2D eigenvalue weighted by Gasteiger charge is 2.50. The van der Waals surface area contributed by atoms with E-state index in [1.807, 2.05) is 18.7 Å². The van der Waals surface area contributed by atoms with E-state index in [0.717, 1.165) is 24.8 Å². The number of ketones is 1. The minimum absolute atomic E-state index is 0. The molecule has 11 heteroatoms. The van der Waals surface area contributed by atoms with Crippen molar-refractivity contribution in [3.63, 3.8) is 0 Å². The van der Waals surface area contributed by atoms with Gasteiger partial charge in [0.25, 0.3) is 0 Å². The quantitative estimate of drug-likeness (QED) is 0.172. The number of amides is 2. The number of ether oxygens (including phenoxy) is 3. The molecule has 44 heavy (non-hydrogen) atoms. The molecule has 2 saturated heterocycles. The number of rotatable bonds is 15. The number of carbonyl (C=O) groups is 3. The van der Waals surface area contributed by atoms with E-state index in [0.29, 0.717) is 56.3 Å². The molecule has 250 valence electrons. The molecule has 0 bridgehead atoms. The van der Waals surface area contributed by atoms with E-state index >= 15 is 0 Å². The van der Waals surface area contributed by atoms with Gasteiger partial charge in [0.1, 0.15) is 23.5 Å². The predicted octanol–water partition coefficient (Wildman–Crippen LogP) is 3.14. The van der Waals surface area contributed by atoms with Gasteiger partial charge < -0.3 is 35.3 Å². The molecule has 4 N–H and O–H groups in total. The lowest BCUT2D eigenvalue weighted by Gasteiger charge is -2.30. The number of hydrogen-bond donors (Lipinski definition) is 4. The SMILES string of the molecule is C=C(N[C@H](C(=O)N[C@@H](CC1=CCCC1)C(=O)[C@@]1(C)CO1)[C@H](O)c1ccc(OC)cc1)[C@H](C)NC(=O)CN1CCOCC1.CC.[HH].[HH].[HH]. The summed E-state index contributed by atoms with van der Waals surface area (Å²) < 4.78 is 16.0. The standard InChI is InChI=1S/C31H44N4O7.C2H6.3H2/c1-20(32-26(36)18-35-13-15-41-16-14-35)21(2)33-27(28(37)23-9-11-24(40-4)12-10-23)30(39)34-25(17-22-7-5-6-8-22)29(38)31(3)19-42-31;1-2;;;/h7,9-12,20,25,27-28,33,37H,2,5-6,8,13-19H2,1,3-4H3,(H,32,36)(H,34,39);1-2H3;3*1H/t20-,25-,27-,28+,31+;;;;/m0..../s1. The summed E-state index contributed by atoms with van der Waals surface area (Å²) in [7, 11) is 1.54. The van der Waals surface area contributed by atoms with Crippen LogP contribution in [0.4, 0.5) is 0 Å². The molecule has 0 unspecified atom stereocenters. The molecular formula is C33H56N4O7. The van der Waals surface area contributed by atoms with Crippen molar-refractivity contribution in [1.29, 1.82) is 0 Å². The molecule has 2 aliphatic heterocycles. The first-order valence-electron chi connectivity index (χ1n) is 15.6. The molecule has 0 aromatic heterocycles. The highest BCUT2D eigenvalue weighted by molar-refractivity contribution is 5.97. The number of Topliss-reactive ketones (excluding diaryl/α,β-unsaturated/α-hetero) is 1. The van der Waals surface area contributed by atoms with Crippen molar-refractivity contribution in [3.05, 3.63) is 53.8 Å². The predicted molar refractivity (Wildman–Crippen MR) is 174 cm³/mol. The first kappa shape index (κ1) is 35.2. The van der Waals surface area contributed by atoms with Crippen LogP contribution in [0.1, 0.15) is 69.3 Å². The van der Waals surface area contributed by atoms with Gasteiger partial charge in [-0.15, -0.1) is 0 Å². The fourth-order valence-electron chi connectivity index (χ4n) is 5.22. The Kier molecular flexibility index (Phi) is 13.4. The van der Waals surface area contributed by atoms with Crippen LogP contribution in [0.15, 0.2) is 48.2 Å². The van der Waals surface area contributed by atoms with Crippen LogP contribution in [0.2, 0.25) is 0 Å². The molecule has 1 aromatic carbocycles. The van der Waals surface area contributed by atoms with Crippen molar-refractivity contribution in [3.8, 4) is 5.75 Å². The Morgan fingerprint density at radius 2 is 1.80 bits per heavy atom. The highest BCUT2D eigenvalue weighted by Crippen LogP contribution is 2.31. The summed E-state index contributed by atoms with van der Waals surface area (Å²) in [5.41, 5.74) is 1.02. The van der Waals surface area contributed by atoms with Crippen LogP contribution in [-0.4, -0.2) is 97.9 Å². The molecule has 3 aliphatic rings. The fourth-order valence-corrected chi connectivity index (χ4v) is 5.22. The third-order valence-electron chi connectivity index (χ3n) is 8.10. The van der Waals surface area contributed by atoms with Gasteiger partial charge in [-0.25, -0.2) is 0 Å². The van der Waals surface area contributed by atoms with Crippen molar-refractivity contribution in [2.24, 2.45) is 0 Å². The number of carbonyl (C=O) groups excluding carboxylic acids is 3. The van der Waals surface area contributed by atoms with Gasteiger partial charge in [-0.2, -0.15) is 0 Å². The van der Waals surface area contributed by atoms with Crippen LogP contribution < -0.4 is 20.7 Å². The summed E-state index contributed by atoms with van der Waals surface area (Å²) in [6, 6.07) is 4.18. The highest BCUT2D eigenvalue weighted by atomic mass is 16.6. The van der Waals surface area contributed by atoms with Gasteiger partial charge in [-0.05, 0) is 57.2 Å². The number of epoxide rings is 1. The summed E-state index contributed by atoms with van der Waals surface area (Å²) >= 11 is 0. The number of aliphatic hydroxyl groups excluding tert-OH is 1. The van der Waals surface area contributed by atoms with E-state index in [2.05, 4.69) is 28.6 Å². The summed E-state index contributed by atoms with van der Waals surface area (Å²) in [6.07, 6.45) is 4.07. The second kappa shape index (κ2) is 16.7. The average Bonchev–Trinajstić information content (AvgIpc) is 3.58. The van der Waals surface area contributed by atoms with Gasteiger partial charge in [-0.3, -0.25) is 19.3 Å². The Bertz CT molecular complexity index is 1180. The van der Waals surface area contributed by atoms with Crippen molar-refractivity contribution < 1.29 is 38.0 Å². The number of benzene rings is 1. The molecule has 5 atom stereocenters. The maximum Gasteiger partial charge on any atom is 0.246 e. The molecule has 0 radical (unpaired) electrons. The topological polar surface area (TPSA) is 142 Å². The summed E-state index contributed by atoms with van der Waals surface area (Å²) in [5, 5.41) is 20.3. The maximum atomic E-state index is 13.8. The normalized spacial score (nSPS) is 22.2. The minimum Gasteiger partial charge on any atom is -0.497 e. The van der Waals surface area contributed by atoms with E-state index in [4.69, 9.17) is 14.2 Å². The van der Waals surface area contributed by atoms with Gasteiger partial charge in [0.05, 0.1) is 45.6 Å². The third-order valence-corrected chi connectivity index (χ3v) is 8.10. The van der Waals surface area contributed by atoms with Crippen molar-refractivity contribution in [2.75, 3.05) is 46.6 Å². The molecule has 2 amide bonds. The molecular weight excluding hydrogens is 564 g/mol. The largest absolute Gasteiger partial charge is 0.497 e. The maximum absolute atomic E-state index is 13.8. The number of morpholine rings is 1. The zero-order chi connectivity index (χ0) is 32.3. The smallest absolute Gasteiger partial charge is 0.246 e. The lowest BCUT2D eigenvalue weighted by molar-refractivity contribution is -0.132. The molecule has 1 aliphatic carbocycles. The Balaban J connectivity index is 0.00000415. The van der Waals surface area contributed by atoms with Crippen LogP contribution in [0.3, 0.4) is 0 Å². The molecule has 1 aromatic rings. The van der Waals surface area contributed by atoms with Gasteiger partial charge in [-0.1, -0.05) is 44.2 Å². The van der Waals surface area contributed by atoms with E-state index in [-0.39, 0.29) is 22.5 Å². The van der Waals surface area contributed by atoms with E-state index in [9.17, 15) is 19.5 Å². The first-order chi connectivity index (χ1) is 21.1. The van der Waals surface area contributed by atoms with Crippen LogP contribution in [0.25, 0.3) is 0 Å². The average molecular weight is 621 g/mol. The van der Waals surface area contributed by atoms with Crippen molar-refractivity contribution in [2.45, 2.75) is 83.2 Å². The van der Waals surface area contributed by atoms with Gasteiger partial charge >= 0.3 is 0 Å². The molecule has 2 heterocycles. The van der Waals surface area contributed by atoms with Gasteiger partial charge in [0.2, 0.25) is 11.8 Å². The third kappa shape index (κ3) is 9.88. The fraction of sp³-hybridized carbons (Fsp3) is 0.606. The summed E-state index contributed by atoms with van der Waals surface area (Å²) in [4.78, 5) is 41.9. The second-order valence-electron chi connectivity index (χ2n) is 11.4. The number of nitrogens with zero attached hydrogens (tertiary/aromatic N) is 1. The Labute approximate surface area is 265 Å². The van der Waals surface area contributed by atoms with Gasteiger partial charge in [0, 0.05) is 23.1 Å². The zero-order valence-electron chi connectivity index (χ0n) is 26.8. The Hall–Kier alpha value is -3.25. The molecule has 2 fully saturated rings. The van der Waals surface area contributed by atoms with E-state index in [1.165, 1.54) is 0 Å². The number of allylic oxidation sites excluding steroid dienone is 1. The number of hydrogen-bond acceptors (Lipinski definition) is 9. The monoisotopic (exact) mass is 620 g/mol. The van der Waals surface area contributed by atoms with E-state index < -0.39 is 35.7 Å². The lowest BCUT2D eigenvalue weighted by atomic mass is 9.93. The van der Waals surface area contributed by atoms with Crippen LogP contribution in [-0.2, 0) is 23.9 Å². The molecule has 11 nitrogen and oxygen atoms in total. The number of methoxy groups -OCH3 is 1. The van der Waals surface area contributed by atoms with E-state index in [1.54, 1.807) is 45.2 Å². The first-order valence-corrected chi connectivity index (χ1v) is 15.6. The zero-order valence-corrected chi connectivity index (χ0v) is 26.8. The van der Waals surface area contributed by atoms with Gasteiger partial charge in [0.15, 0.2) is 5.78 Å². The minimum atomic E-state index is -1.29. The van der Waals surface area contributed by atoms with Crippen LogP contribution >= 0.6 is 0 Å².